The molecule has 136 valence electrons. The summed E-state index contributed by atoms with van der Waals surface area (Å²) in [5.74, 6) is 1.57. The lowest BCUT2D eigenvalue weighted by Crippen LogP contribution is -2.43. The van der Waals surface area contributed by atoms with E-state index in [0.717, 1.165) is 30.1 Å². The number of fused-ring (bicyclic) bond motifs is 1. The smallest absolute Gasteiger partial charge is 0.277 e. The third kappa shape index (κ3) is 4.64. The summed E-state index contributed by atoms with van der Waals surface area (Å²) in [6.45, 7) is 8.38. The minimum Gasteiger partial charge on any atom is -0.410 e. The average Bonchev–Trinajstić information content (AvgIpc) is 3.18. The number of nitrogens with zero attached hydrogens (tertiary/aromatic N) is 2. The molecule has 2 aromatic rings. The van der Waals surface area contributed by atoms with Crippen LogP contribution in [0.15, 0.2) is 15.7 Å². The molecule has 1 N–H and O–H groups in total. The van der Waals surface area contributed by atoms with E-state index in [2.05, 4.69) is 35.4 Å². The molecule has 2 heterocycles. The minimum absolute atomic E-state index is 0.0165. The first-order chi connectivity index (χ1) is 11.9. The summed E-state index contributed by atoms with van der Waals surface area (Å²) in [4.78, 5) is 14.5. The lowest BCUT2D eigenvalue weighted by atomic mass is 9.90. The molecule has 0 aliphatic heterocycles. The monoisotopic (exact) mass is 379 g/mol. The zero-order chi connectivity index (χ0) is 18.0. The molecule has 3 rings (SSSR count). The standard InChI is InChI=1S/C18H25N3O2S2/c1-5-18(3,4)19-15(22)10-24-17-21-20-16(23-17)14-9-12-8-11(2)6-7-13(12)25-14/h9,11H,5-8,10H2,1-4H3,(H,19,22)/t11-/m0/s1. The Balaban J connectivity index is 1.60. The maximum absolute atomic E-state index is 12.0. The number of rotatable bonds is 6. The van der Waals surface area contributed by atoms with E-state index in [9.17, 15) is 4.79 Å². The number of aromatic nitrogens is 2. The van der Waals surface area contributed by atoms with Gasteiger partial charge in [0.25, 0.3) is 11.1 Å². The molecule has 0 saturated heterocycles. The molecule has 1 aliphatic carbocycles. The van der Waals surface area contributed by atoms with Gasteiger partial charge < -0.3 is 9.73 Å². The van der Waals surface area contributed by atoms with Gasteiger partial charge in [-0.25, -0.2) is 0 Å². The van der Waals surface area contributed by atoms with Crippen LogP contribution in [0.3, 0.4) is 0 Å². The first kappa shape index (κ1) is 18.5. The van der Waals surface area contributed by atoms with Crippen LogP contribution in [0.4, 0.5) is 0 Å². The lowest BCUT2D eigenvalue weighted by molar-refractivity contribution is -0.120. The fourth-order valence-corrected chi connectivity index (χ4v) is 4.50. The van der Waals surface area contributed by atoms with E-state index in [1.165, 1.54) is 28.6 Å². The first-order valence-electron chi connectivity index (χ1n) is 8.75. The minimum atomic E-state index is -0.190. The normalized spacial score (nSPS) is 17.4. The first-order valence-corrected chi connectivity index (χ1v) is 10.6. The number of aryl methyl sites for hydroxylation is 1. The van der Waals surface area contributed by atoms with Crippen LogP contribution in [-0.2, 0) is 17.6 Å². The second kappa shape index (κ2) is 7.50. The van der Waals surface area contributed by atoms with Crippen molar-refractivity contribution in [2.75, 3.05) is 5.75 Å². The second-order valence-electron chi connectivity index (χ2n) is 7.35. The number of thioether (sulfide) groups is 1. The fourth-order valence-electron chi connectivity index (χ4n) is 2.81. The molecule has 1 atom stereocenters. The van der Waals surface area contributed by atoms with E-state index in [0.29, 0.717) is 11.1 Å². The van der Waals surface area contributed by atoms with Crippen molar-refractivity contribution in [2.24, 2.45) is 5.92 Å². The van der Waals surface area contributed by atoms with Crippen LogP contribution in [0.2, 0.25) is 0 Å². The average molecular weight is 380 g/mol. The van der Waals surface area contributed by atoms with Gasteiger partial charge in [-0.1, -0.05) is 25.6 Å². The quantitative estimate of drug-likeness (QED) is 0.757. The van der Waals surface area contributed by atoms with E-state index in [1.54, 1.807) is 11.3 Å². The maximum atomic E-state index is 12.0. The zero-order valence-corrected chi connectivity index (χ0v) is 16.9. The van der Waals surface area contributed by atoms with Crippen LogP contribution in [0, 0.1) is 5.92 Å². The Morgan fingerprint density at radius 2 is 2.28 bits per heavy atom. The van der Waals surface area contributed by atoms with Gasteiger partial charge in [-0.05, 0) is 57.1 Å². The maximum Gasteiger partial charge on any atom is 0.277 e. The van der Waals surface area contributed by atoms with Gasteiger partial charge in [0.15, 0.2) is 0 Å². The Kier molecular flexibility index (Phi) is 5.53. The van der Waals surface area contributed by atoms with Crippen molar-refractivity contribution in [3.8, 4) is 10.8 Å². The summed E-state index contributed by atoms with van der Waals surface area (Å²) >= 11 is 3.04. The van der Waals surface area contributed by atoms with Gasteiger partial charge >= 0.3 is 0 Å². The summed E-state index contributed by atoms with van der Waals surface area (Å²) < 4.78 is 5.75. The van der Waals surface area contributed by atoms with Crippen molar-refractivity contribution in [2.45, 2.75) is 64.1 Å². The zero-order valence-electron chi connectivity index (χ0n) is 15.2. The molecule has 25 heavy (non-hydrogen) atoms. The Morgan fingerprint density at radius 1 is 1.48 bits per heavy atom. The van der Waals surface area contributed by atoms with E-state index in [1.807, 2.05) is 13.8 Å². The van der Waals surface area contributed by atoms with Crippen LogP contribution in [0.1, 0.15) is 51.0 Å². The second-order valence-corrected chi connectivity index (χ2v) is 9.42. The van der Waals surface area contributed by atoms with Gasteiger partial charge in [-0.3, -0.25) is 4.79 Å². The van der Waals surface area contributed by atoms with E-state index in [-0.39, 0.29) is 17.2 Å². The van der Waals surface area contributed by atoms with E-state index < -0.39 is 0 Å². The third-order valence-corrected chi connectivity index (χ3v) is 6.68. The molecule has 0 radical (unpaired) electrons. The summed E-state index contributed by atoms with van der Waals surface area (Å²) in [7, 11) is 0. The predicted molar refractivity (Wildman–Crippen MR) is 102 cm³/mol. The van der Waals surface area contributed by atoms with E-state index >= 15 is 0 Å². The van der Waals surface area contributed by atoms with Gasteiger partial charge in [0.1, 0.15) is 0 Å². The fraction of sp³-hybridized carbons (Fsp3) is 0.611. The molecule has 1 amide bonds. The van der Waals surface area contributed by atoms with E-state index in [4.69, 9.17) is 4.42 Å². The van der Waals surface area contributed by atoms with Crippen molar-refractivity contribution in [3.63, 3.8) is 0 Å². The lowest BCUT2D eigenvalue weighted by Gasteiger charge is -2.24. The predicted octanol–water partition coefficient (Wildman–Crippen LogP) is 4.32. The molecule has 2 aromatic heterocycles. The molecular formula is C18H25N3O2S2. The van der Waals surface area contributed by atoms with Crippen molar-refractivity contribution >= 4 is 29.0 Å². The third-order valence-electron chi connectivity index (χ3n) is 4.63. The summed E-state index contributed by atoms with van der Waals surface area (Å²) in [5, 5.41) is 11.7. The molecule has 1 aliphatic rings. The number of hydrogen-bond acceptors (Lipinski definition) is 6. The van der Waals surface area contributed by atoms with Crippen LogP contribution in [-0.4, -0.2) is 27.4 Å². The Labute approximate surface area is 157 Å². The number of carbonyl (C=O) groups is 1. The largest absolute Gasteiger partial charge is 0.410 e. The van der Waals surface area contributed by atoms with Crippen LogP contribution < -0.4 is 5.32 Å². The number of amides is 1. The molecule has 7 heteroatoms. The number of nitrogens with one attached hydrogen (secondary N) is 1. The molecular weight excluding hydrogens is 354 g/mol. The summed E-state index contributed by atoms with van der Waals surface area (Å²) in [6, 6.07) is 2.19. The van der Waals surface area contributed by atoms with Crippen molar-refractivity contribution in [3.05, 3.63) is 16.5 Å². The highest BCUT2D eigenvalue weighted by atomic mass is 32.2. The number of carbonyl (C=O) groups excluding carboxylic acids is 1. The topological polar surface area (TPSA) is 68.0 Å². The highest BCUT2D eigenvalue weighted by Gasteiger charge is 2.22. The van der Waals surface area contributed by atoms with Gasteiger partial charge in [0, 0.05) is 10.4 Å². The van der Waals surface area contributed by atoms with Gasteiger partial charge in [-0.15, -0.1) is 21.5 Å². The highest BCUT2D eigenvalue weighted by molar-refractivity contribution is 7.99. The molecule has 0 fully saturated rings. The van der Waals surface area contributed by atoms with Crippen LogP contribution in [0.25, 0.3) is 10.8 Å². The Morgan fingerprint density at radius 3 is 3.04 bits per heavy atom. The summed E-state index contributed by atoms with van der Waals surface area (Å²) in [6.07, 6.45) is 4.41. The van der Waals surface area contributed by atoms with Gasteiger partial charge in [0.05, 0.1) is 10.6 Å². The molecule has 0 saturated carbocycles. The Bertz CT molecular complexity index is 751. The van der Waals surface area contributed by atoms with Gasteiger partial charge in [0.2, 0.25) is 5.91 Å². The van der Waals surface area contributed by atoms with Gasteiger partial charge in [-0.2, -0.15) is 0 Å². The van der Waals surface area contributed by atoms with Crippen LogP contribution >= 0.6 is 23.1 Å². The van der Waals surface area contributed by atoms with Crippen LogP contribution in [0.5, 0.6) is 0 Å². The summed E-state index contributed by atoms with van der Waals surface area (Å²) in [5.41, 5.74) is 1.23. The molecule has 0 bridgehead atoms. The SMILES string of the molecule is CCC(C)(C)NC(=O)CSc1nnc(-c2cc3c(s2)CC[C@H](C)C3)o1. The van der Waals surface area contributed by atoms with Crippen molar-refractivity contribution in [1.29, 1.82) is 0 Å². The molecule has 0 unspecified atom stereocenters. The molecule has 5 nitrogen and oxygen atoms in total. The molecule has 0 spiro atoms. The Hall–Kier alpha value is -1.34. The van der Waals surface area contributed by atoms with Crippen molar-refractivity contribution in [1.82, 2.24) is 15.5 Å². The highest BCUT2D eigenvalue weighted by Crippen LogP contribution is 2.37. The van der Waals surface area contributed by atoms with Crippen molar-refractivity contribution < 1.29 is 9.21 Å². The molecule has 0 aromatic carbocycles. The number of thiophene rings is 1. The number of hydrogen-bond donors (Lipinski definition) is 1.